The fourth-order valence-corrected chi connectivity index (χ4v) is 3.36. The van der Waals surface area contributed by atoms with Crippen molar-refractivity contribution in [3.8, 4) is 0 Å². The van der Waals surface area contributed by atoms with Gasteiger partial charge in [-0.2, -0.15) is 0 Å². The third-order valence-electron chi connectivity index (χ3n) is 5.01. The van der Waals surface area contributed by atoms with Gasteiger partial charge in [0.15, 0.2) is 0 Å². The molecule has 0 bridgehead atoms. The van der Waals surface area contributed by atoms with Crippen LogP contribution in [0.5, 0.6) is 0 Å². The van der Waals surface area contributed by atoms with Crippen LogP contribution in [0, 0.1) is 5.92 Å². The first-order chi connectivity index (χ1) is 13.1. The number of nitrogens with zero attached hydrogens (tertiary/aromatic N) is 1. The Morgan fingerprint density at radius 1 is 1.19 bits per heavy atom. The van der Waals surface area contributed by atoms with E-state index in [0.29, 0.717) is 17.7 Å². The first-order valence-electron chi connectivity index (χ1n) is 9.05. The van der Waals surface area contributed by atoms with Crippen LogP contribution in [0.4, 0.5) is 0 Å². The van der Waals surface area contributed by atoms with Crippen LogP contribution in [0.3, 0.4) is 0 Å². The Morgan fingerprint density at radius 2 is 1.96 bits per heavy atom. The van der Waals surface area contributed by atoms with Crippen molar-refractivity contribution in [2.45, 2.75) is 25.2 Å². The van der Waals surface area contributed by atoms with Crippen molar-refractivity contribution < 1.29 is 19.2 Å². The van der Waals surface area contributed by atoms with Crippen molar-refractivity contribution in [1.29, 1.82) is 0 Å². The molecule has 27 heavy (non-hydrogen) atoms. The predicted molar refractivity (Wildman–Crippen MR) is 99.6 cm³/mol. The number of carboxylic acids is 1. The lowest BCUT2D eigenvalue weighted by Gasteiger charge is -2.15. The Hall–Kier alpha value is -3.15. The Morgan fingerprint density at radius 3 is 2.74 bits per heavy atom. The average Bonchev–Trinajstić information content (AvgIpc) is 3.41. The van der Waals surface area contributed by atoms with E-state index < -0.39 is 11.9 Å². The van der Waals surface area contributed by atoms with Gasteiger partial charge in [-0.1, -0.05) is 47.6 Å². The molecule has 4 rings (SSSR count). The van der Waals surface area contributed by atoms with E-state index in [-0.39, 0.29) is 18.4 Å². The zero-order chi connectivity index (χ0) is 18.8. The maximum absolute atomic E-state index is 12.4. The zero-order valence-electron chi connectivity index (χ0n) is 14.7. The first-order valence-corrected chi connectivity index (χ1v) is 9.05. The lowest BCUT2D eigenvalue weighted by Crippen LogP contribution is -2.34. The Bertz CT molecular complexity index is 985. The molecule has 2 N–H and O–H groups in total. The topological polar surface area (TPSA) is 92.4 Å². The minimum absolute atomic E-state index is 0.0483. The second-order valence-electron chi connectivity index (χ2n) is 6.98. The summed E-state index contributed by atoms with van der Waals surface area (Å²) in [5.41, 5.74) is 2.04. The van der Waals surface area contributed by atoms with E-state index in [9.17, 15) is 14.7 Å². The number of nitrogens with one attached hydrogen (secondary N) is 1. The fourth-order valence-electron chi connectivity index (χ4n) is 3.36. The van der Waals surface area contributed by atoms with Gasteiger partial charge in [-0.15, -0.1) is 0 Å². The summed E-state index contributed by atoms with van der Waals surface area (Å²) in [5, 5.41) is 18.4. The molecule has 6 nitrogen and oxygen atoms in total. The van der Waals surface area contributed by atoms with Gasteiger partial charge in [0.25, 0.3) is 5.91 Å². The number of rotatable bonds is 7. The van der Waals surface area contributed by atoms with Crippen LogP contribution in [-0.4, -0.2) is 28.7 Å². The fraction of sp³-hybridized carbons (Fsp3) is 0.286. The van der Waals surface area contributed by atoms with Crippen LogP contribution in [-0.2, 0) is 11.2 Å². The summed E-state index contributed by atoms with van der Waals surface area (Å²) in [6.07, 6.45) is 3.69. The van der Waals surface area contributed by atoms with Crippen LogP contribution in [0.15, 0.2) is 53.3 Å². The second kappa shape index (κ2) is 7.23. The molecule has 1 fully saturated rings. The van der Waals surface area contributed by atoms with Crippen molar-refractivity contribution in [2.75, 3.05) is 6.54 Å². The Labute approximate surface area is 156 Å². The first kappa shape index (κ1) is 17.3. The van der Waals surface area contributed by atoms with Crippen LogP contribution in [0.25, 0.3) is 10.8 Å². The largest absolute Gasteiger partial charge is 0.481 e. The van der Waals surface area contributed by atoms with Crippen molar-refractivity contribution in [1.82, 2.24) is 10.5 Å². The molecule has 1 aromatic heterocycles. The highest BCUT2D eigenvalue weighted by Crippen LogP contribution is 2.40. The smallest absolute Gasteiger partial charge is 0.308 e. The molecule has 0 radical (unpaired) electrons. The number of carboxylic acid groups (broad SMARTS) is 1. The van der Waals surface area contributed by atoms with Crippen LogP contribution >= 0.6 is 0 Å². The van der Waals surface area contributed by atoms with Gasteiger partial charge in [0.1, 0.15) is 11.8 Å². The highest BCUT2D eigenvalue weighted by molar-refractivity contribution is 5.95. The number of hydrogen-bond donors (Lipinski definition) is 2. The van der Waals surface area contributed by atoms with E-state index in [1.807, 2.05) is 42.5 Å². The molecule has 3 aromatic rings. The van der Waals surface area contributed by atoms with E-state index in [1.54, 1.807) is 0 Å². The van der Waals surface area contributed by atoms with Crippen LogP contribution < -0.4 is 5.32 Å². The number of amides is 1. The van der Waals surface area contributed by atoms with Gasteiger partial charge in [0, 0.05) is 12.5 Å². The maximum Gasteiger partial charge on any atom is 0.308 e. The second-order valence-corrected chi connectivity index (χ2v) is 6.98. The van der Waals surface area contributed by atoms with Crippen molar-refractivity contribution in [3.05, 3.63) is 65.5 Å². The number of hydrogen-bond acceptors (Lipinski definition) is 4. The Balaban J connectivity index is 1.47. The monoisotopic (exact) mass is 364 g/mol. The molecular weight excluding hydrogens is 344 g/mol. The molecule has 6 heteroatoms. The molecule has 1 amide bonds. The maximum atomic E-state index is 12.4. The molecule has 1 atom stereocenters. The number of aromatic nitrogens is 1. The number of carbonyl (C=O) groups excluding carboxylic acids is 1. The summed E-state index contributed by atoms with van der Waals surface area (Å²) in [6.45, 7) is 0.0483. The summed E-state index contributed by atoms with van der Waals surface area (Å²) in [7, 11) is 0. The van der Waals surface area contributed by atoms with Gasteiger partial charge in [-0.25, -0.2) is 0 Å². The molecule has 1 unspecified atom stereocenters. The number of benzene rings is 2. The molecule has 0 aliphatic heterocycles. The van der Waals surface area contributed by atoms with Gasteiger partial charge in [-0.05, 0) is 35.6 Å². The average molecular weight is 364 g/mol. The molecule has 1 heterocycles. The normalized spacial score (nSPS) is 14.8. The predicted octanol–water partition coefficient (Wildman–Crippen LogP) is 3.38. The minimum Gasteiger partial charge on any atom is -0.481 e. The minimum atomic E-state index is -0.934. The number of aliphatic carboxylic acids is 1. The highest BCUT2D eigenvalue weighted by Gasteiger charge is 2.32. The number of fused-ring (bicyclic) bond motifs is 1. The van der Waals surface area contributed by atoms with Gasteiger partial charge < -0.3 is 14.9 Å². The lowest BCUT2D eigenvalue weighted by atomic mass is 9.94. The molecule has 0 saturated heterocycles. The quantitative estimate of drug-likeness (QED) is 0.670. The van der Waals surface area contributed by atoms with Crippen molar-refractivity contribution in [2.24, 2.45) is 5.92 Å². The third-order valence-corrected chi connectivity index (χ3v) is 5.01. The van der Waals surface area contributed by atoms with Crippen LogP contribution in [0.2, 0.25) is 0 Å². The number of carbonyl (C=O) groups is 2. The van der Waals surface area contributed by atoms with Crippen molar-refractivity contribution in [3.63, 3.8) is 0 Å². The molecule has 1 aliphatic carbocycles. The Kier molecular flexibility index (Phi) is 4.62. The van der Waals surface area contributed by atoms with E-state index in [0.717, 1.165) is 29.2 Å². The SMILES string of the molecule is O=C(NCC(Cc1cccc2ccccc12)C(=O)O)c1conc1C1CC1. The summed E-state index contributed by atoms with van der Waals surface area (Å²) in [6, 6.07) is 13.7. The van der Waals surface area contributed by atoms with Gasteiger partial charge >= 0.3 is 5.97 Å². The summed E-state index contributed by atoms with van der Waals surface area (Å²) >= 11 is 0. The third kappa shape index (κ3) is 3.69. The molecule has 2 aromatic carbocycles. The van der Waals surface area contributed by atoms with Gasteiger partial charge in [-0.3, -0.25) is 9.59 Å². The van der Waals surface area contributed by atoms with E-state index >= 15 is 0 Å². The van der Waals surface area contributed by atoms with Gasteiger partial charge in [0.2, 0.25) is 0 Å². The van der Waals surface area contributed by atoms with E-state index in [2.05, 4.69) is 10.5 Å². The lowest BCUT2D eigenvalue weighted by molar-refractivity contribution is -0.141. The molecule has 1 aliphatic rings. The zero-order valence-corrected chi connectivity index (χ0v) is 14.7. The summed E-state index contributed by atoms with van der Waals surface area (Å²) in [4.78, 5) is 24.2. The van der Waals surface area contributed by atoms with Crippen LogP contribution in [0.1, 0.15) is 40.4 Å². The molecular formula is C21H20N2O4. The molecule has 138 valence electrons. The van der Waals surface area contributed by atoms with E-state index in [1.165, 1.54) is 6.26 Å². The summed E-state index contributed by atoms with van der Waals surface area (Å²) in [5.74, 6) is -1.70. The molecule has 0 spiro atoms. The highest BCUT2D eigenvalue weighted by atomic mass is 16.5. The van der Waals surface area contributed by atoms with Gasteiger partial charge in [0.05, 0.1) is 11.6 Å². The standard InChI is InChI=1S/C21H20N2O4/c24-20(18-12-27-23-19(18)14-8-9-14)22-11-16(21(25)26)10-15-6-3-5-13-4-1-2-7-17(13)15/h1-7,12,14,16H,8-11H2,(H,22,24)(H,25,26). The molecule has 1 saturated carbocycles. The van der Waals surface area contributed by atoms with E-state index in [4.69, 9.17) is 4.52 Å². The summed E-state index contributed by atoms with van der Waals surface area (Å²) < 4.78 is 4.94. The van der Waals surface area contributed by atoms with Crippen molar-refractivity contribution >= 4 is 22.6 Å².